The first kappa shape index (κ1) is 17.3. The number of ether oxygens (including phenoxy) is 1. The first-order chi connectivity index (χ1) is 12.0. The minimum absolute atomic E-state index is 0.118. The Labute approximate surface area is 147 Å². The molecule has 0 unspecified atom stereocenters. The SMILES string of the molecule is CC1=C(C(=O)N(C)C)[C@H](c2ccc(N3CCOCC3)cc2)NC(=O)N1. The highest BCUT2D eigenvalue weighted by Gasteiger charge is 2.31. The maximum Gasteiger partial charge on any atom is 0.319 e. The monoisotopic (exact) mass is 344 g/mol. The van der Waals surface area contributed by atoms with E-state index in [0.29, 0.717) is 11.3 Å². The lowest BCUT2D eigenvalue weighted by atomic mass is 9.94. The number of carbonyl (C=O) groups is 2. The fraction of sp³-hybridized carbons (Fsp3) is 0.444. The molecule has 1 saturated heterocycles. The van der Waals surface area contributed by atoms with Crippen molar-refractivity contribution >= 4 is 17.6 Å². The van der Waals surface area contributed by atoms with Crippen LogP contribution in [0.15, 0.2) is 35.5 Å². The number of amides is 3. The van der Waals surface area contributed by atoms with E-state index in [1.807, 2.05) is 24.3 Å². The highest BCUT2D eigenvalue weighted by atomic mass is 16.5. The van der Waals surface area contributed by atoms with Crippen molar-refractivity contribution in [2.24, 2.45) is 0 Å². The molecule has 7 heteroatoms. The van der Waals surface area contributed by atoms with Crippen molar-refractivity contribution in [1.82, 2.24) is 15.5 Å². The molecule has 134 valence electrons. The first-order valence-corrected chi connectivity index (χ1v) is 8.40. The molecule has 0 spiro atoms. The molecule has 2 N–H and O–H groups in total. The van der Waals surface area contributed by atoms with E-state index in [1.165, 1.54) is 4.90 Å². The van der Waals surface area contributed by atoms with E-state index >= 15 is 0 Å². The number of nitrogens with zero attached hydrogens (tertiary/aromatic N) is 2. The number of nitrogens with one attached hydrogen (secondary N) is 2. The summed E-state index contributed by atoms with van der Waals surface area (Å²) in [5, 5.41) is 5.55. The summed E-state index contributed by atoms with van der Waals surface area (Å²) in [7, 11) is 3.41. The topological polar surface area (TPSA) is 73.9 Å². The largest absolute Gasteiger partial charge is 0.378 e. The maximum atomic E-state index is 12.6. The summed E-state index contributed by atoms with van der Waals surface area (Å²) in [4.78, 5) is 28.3. The zero-order valence-electron chi connectivity index (χ0n) is 14.8. The standard InChI is InChI=1S/C18H24N4O3/c1-12-15(17(23)21(2)3)16(20-18(24)19-12)13-4-6-14(7-5-13)22-8-10-25-11-9-22/h4-7,16H,8-11H2,1-3H3,(H2,19,20,24)/t16-/m0/s1. The maximum absolute atomic E-state index is 12.6. The van der Waals surface area contributed by atoms with E-state index in [1.54, 1.807) is 21.0 Å². The molecule has 1 aromatic rings. The highest BCUT2D eigenvalue weighted by molar-refractivity contribution is 5.98. The van der Waals surface area contributed by atoms with Gasteiger partial charge in [-0.15, -0.1) is 0 Å². The number of rotatable bonds is 3. The second-order valence-electron chi connectivity index (χ2n) is 6.46. The van der Waals surface area contributed by atoms with Crippen LogP contribution in [0.4, 0.5) is 10.5 Å². The zero-order valence-corrected chi connectivity index (χ0v) is 14.8. The molecule has 0 aliphatic carbocycles. The average Bonchev–Trinajstić information content (AvgIpc) is 2.61. The van der Waals surface area contributed by atoms with Gasteiger partial charge in [-0.3, -0.25) is 4.79 Å². The van der Waals surface area contributed by atoms with E-state index in [0.717, 1.165) is 37.6 Å². The van der Waals surface area contributed by atoms with Gasteiger partial charge in [0.25, 0.3) is 5.91 Å². The van der Waals surface area contributed by atoms with Crippen LogP contribution in [0.5, 0.6) is 0 Å². The number of hydrogen-bond acceptors (Lipinski definition) is 4. The second kappa shape index (κ2) is 7.14. The molecule has 2 aliphatic rings. The van der Waals surface area contributed by atoms with Crippen molar-refractivity contribution in [2.75, 3.05) is 45.3 Å². The van der Waals surface area contributed by atoms with E-state index in [2.05, 4.69) is 15.5 Å². The third-order valence-corrected chi connectivity index (χ3v) is 4.51. The fourth-order valence-corrected chi connectivity index (χ4v) is 3.17. The van der Waals surface area contributed by atoms with Crippen LogP contribution in [0.2, 0.25) is 0 Å². The van der Waals surface area contributed by atoms with Crippen LogP contribution in [0, 0.1) is 0 Å². The lowest BCUT2D eigenvalue weighted by Gasteiger charge is -2.31. The number of allylic oxidation sites excluding steroid dienone is 1. The minimum Gasteiger partial charge on any atom is -0.378 e. The predicted octanol–water partition coefficient (Wildman–Crippen LogP) is 1.24. The summed E-state index contributed by atoms with van der Waals surface area (Å²) in [6.07, 6.45) is 0. The van der Waals surface area contributed by atoms with Crippen LogP contribution < -0.4 is 15.5 Å². The van der Waals surface area contributed by atoms with E-state index < -0.39 is 6.04 Å². The third-order valence-electron chi connectivity index (χ3n) is 4.51. The Hall–Kier alpha value is -2.54. The summed E-state index contributed by atoms with van der Waals surface area (Å²) in [6, 6.07) is 7.25. The number of carbonyl (C=O) groups excluding carboxylic acids is 2. The molecule has 1 atom stereocenters. The van der Waals surface area contributed by atoms with Gasteiger partial charge in [0.15, 0.2) is 0 Å². The van der Waals surface area contributed by atoms with Crippen molar-refractivity contribution in [1.29, 1.82) is 0 Å². The Morgan fingerprint density at radius 1 is 1.20 bits per heavy atom. The van der Waals surface area contributed by atoms with Crippen molar-refractivity contribution in [2.45, 2.75) is 13.0 Å². The van der Waals surface area contributed by atoms with Crippen molar-refractivity contribution in [3.8, 4) is 0 Å². The molecule has 25 heavy (non-hydrogen) atoms. The van der Waals surface area contributed by atoms with Crippen LogP contribution >= 0.6 is 0 Å². The van der Waals surface area contributed by atoms with Gasteiger partial charge in [0.2, 0.25) is 0 Å². The van der Waals surface area contributed by atoms with Crippen LogP contribution in [0.25, 0.3) is 0 Å². The summed E-state index contributed by atoms with van der Waals surface area (Å²) < 4.78 is 5.38. The van der Waals surface area contributed by atoms with E-state index in [-0.39, 0.29) is 11.9 Å². The Morgan fingerprint density at radius 2 is 1.84 bits per heavy atom. The molecular weight excluding hydrogens is 320 g/mol. The van der Waals surface area contributed by atoms with Gasteiger partial charge in [-0.1, -0.05) is 12.1 Å². The molecule has 7 nitrogen and oxygen atoms in total. The molecule has 1 aromatic carbocycles. The van der Waals surface area contributed by atoms with Gasteiger partial charge in [-0.25, -0.2) is 4.79 Å². The van der Waals surface area contributed by atoms with Gasteiger partial charge >= 0.3 is 6.03 Å². The molecule has 1 fully saturated rings. The molecule has 0 radical (unpaired) electrons. The van der Waals surface area contributed by atoms with Crippen LogP contribution in [0.1, 0.15) is 18.5 Å². The fourth-order valence-electron chi connectivity index (χ4n) is 3.17. The van der Waals surface area contributed by atoms with Gasteiger partial charge in [-0.2, -0.15) is 0 Å². The molecule has 3 rings (SSSR count). The van der Waals surface area contributed by atoms with Gasteiger partial charge in [-0.05, 0) is 24.6 Å². The molecule has 0 aromatic heterocycles. The van der Waals surface area contributed by atoms with Crippen LogP contribution in [-0.4, -0.2) is 57.2 Å². The predicted molar refractivity (Wildman–Crippen MR) is 95.3 cm³/mol. The number of urea groups is 1. The van der Waals surface area contributed by atoms with E-state index in [9.17, 15) is 9.59 Å². The highest BCUT2D eigenvalue weighted by Crippen LogP contribution is 2.29. The summed E-state index contributed by atoms with van der Waals surface area (Å²) in [6.45, 7) is 4.95. The lowest BCUT2D eigenvalue weighted by molar-refractivity contribution is -0.125. The van der Waals surface area contributed by atoms with Gasteiger partial charge in [0, 0.05) is 38.6 Å². The summed E-state index contributed by atoms with van der Waals surface area (Å²) in [5.74, 6) is -0.118. The molecular formula is C18H24N4O3. The van der Waals surface area contributed by atoms with Crippen LogP contribution in [-0.2, 0) is 9.53 Å². The molecule has 3 amide bonds. The number of hydrogen-bond donors (Lipinski definition) is 2. The Balaban J connectivity index is 1.88. The second-order valence-corrected chi connectivity index (χ2v) is 6.46. The summed E-state index contributed by atoms with van der Waals surface area (Å²) in [5.41, 5.74) is 3.15. The number of likely N-dealkylation sites (N-methyl/N-ethyl adjacent to an activating group) is 1. The molecule has 2 heterocycles. The van der Waals surface area contributed by atoms with Gasteiger partial charge < -0.3 is 25.2 Å². The molecule has 0 bridgehead atoms. The van der Waals surface area contributed by atoms with Gasteiger partial charge in [0.1, 0.15) is 0 Å². The van der Waals surface area contributed by atoms with Crippen molar-refractivity contribution < 1.29 is 14.3 Å². The Morgan fingerprint density at radius 3 is 2.44 bits per heavy atom. The number of anilines is 1. The smallest absolute Gasteiger partial charge is 0.319 e. The third kappa shape index (κ3) is 3.61. The Kier molecular flexibility index (Phi) is 4.94. The molecule has 0 saturated carbocycles. The van der Waals surface area contributed by atoms with Crippen molar-refractivity contribution in [3.05, 3.63) is 41.1 Å². The zero-order chi connectivity index (χ0) is 18.0. The molecule has 2 aliphatic heterocycles. The minimum atomic E-state index is -0.456. The number of benzene rings is 1. The normalized spacial score (nSPS) is 20.8. The quantitative estimate of drug-likeness (QED) is 0.865. The van der Waals surface area contributed by atoms with E-state index in [4.69, 9.17) is 4.74 Å². The summed E-state index contributed by atoms with van der Waals surface area (Å²) >= 11 is 0. The first-order valence-electron chi connectivity index (χ1n) is 8.40. The average molecular weight is 344 g/mol. The Bertz CT molecular complexity index is 691. The number of morpholine rings is 1. The lowest BCUT2D eigenvalue weighted by Crippen LogP contribution is -2.46. The van der Waals surface area contributed by atoms with Gasteiger partial charge in [0.05, 0.1) is 24.8 Å². The van der Waals surface area contributed by atoms with Crippen molar-refractivity contribution in [3.63, 3.8) is 0 Å². The van der Waals surface area contributed by atoms with Crippen LogP contribution in [0.3, 0.4) is 0 Å².